The molecule has 20 heavy (non-hydrogen) atoms. The molecule has 0 aliphatic carbocycles. The first-order valence-corrected chi connectivity index (χ1v) is 6.15. The summed E-state index contributed by atoms with van der Waals surface area (Å²) in [5, 5.41) is 9.65. The van der Waals surface area contributed by atoms with Crippen molar-refractivity contribution in [3.05, 3.63) is 64.8 Å². The highest BCUT2D eigenvalue weighted by molar-refractivity contribution is 5.58. The van der Waals surface area contributed by atoms with E-state index in [1.54, 1.807) is 22.9 Å². The van der Waals surface area contributed by atoms with E-state index in [1.807, 2.05) is 31.2 Å². The summed E-state index contributed by atoms with van der Waals surface area (Å²) in [6.07, 6.45) is 3.26. The Morgan fingerprint density at radius 2 is 2.15 bits per heavy atom. The molecule has 0 atom stereocenters. The zero-order valence-electron chi connectivity index (χ0n) is 10.9. The van der Waals surface area contributed by atoms with Gasteiger partial charge in [-0.3, -0.25) is 14.5 Å². The van der Waals surface area contributed by atoms with Gasteiger partial charge in [0.05, 0.1) is 5.69 Å². The van der Waals surface area contributed by atoms with Crippen molar-refractivity contribution in [2.75, 3.05) is 5.32 Å². The van der Waals surface area contributed by atoms with Crippen LogP contribution in [0.4, 0.5) is 11.6 Å². The number of pyridine rings is 1. The molecule has 1 aromatic carbocycles. The normalized spacial score (nSPS) is 10.4. The lowest BCUT2D eigenvalue weighted by atomic mass is 10.1. The number of nitrogens with zero attached hydrogens (tertiary/aromatic N) is 3. The summed E-state index contributed by atoms with van der Waals surface area (Å²) in [5.74, 6) is 0.508. The fraction of sp³-hybridized carbons (Fsp3) is 0.0714. The van der Waals surface area contributed by atoms with E-state index in [9.17, 15) is 4.79 Å². The van der Waals surface area contributed by atoms with Gasteiger partial charge in [0, 0.05) is 18.0 Å². The van der Waals surface area contributed by atoms with Crippen molar-refractivity contribution in [1.82, 2.24) is 19.7 Å². The second-order valence-corrected chi connectivity index (χ2v) is 4.36. The Labute approximate surface area is 115 Å². The molecule has 0 unspecified atom stereocenters. The summed E-state index contributed by atoms with van der Waals surface area (Å²) >= 11 is 0. The molecule has 0 spiro atoms. The van der Waals surface area contributed by atoms with Gasteiger partial charge in [-0.1, -0.05) is 6.07 Å². The topological polar surface area (TPSA) is 75.6 Å². The number of aryl methyl sites for hydroxylation is 1. The van der Waals surface area contributed by atoms with Gasteiger partial charge < -0.3 is 5.32 Å². The van der Waals surface area contributed by atoms with Crippen LogP contribution in [0.5, 0.6) is 0 Å². The fourth-order valence-corrected chi connectivity index (χ4v) is 2.03. The Morgan fingerprint density at radius 3 is 2.85 bits per heavy atom. The summed E-state index contributed by atoms with van der Waals surface area (Å²) < 4.78 is 1.62. The van der Waals surface area contributed by atoms with E-state index in [0.29, 0.717) is 5.95 Å². The summed E-state index contributed by atoms with van der Waals surface area (Å²) in [6, 6.07) is 10.8. The minimum atomic E-state index is -0.0507. The first-order chi connectivity index (χ1) is 9.74. The molecule has 3 aromatic rings. The van der Waals surface area contributed by atoms with Crippen molar-refractivity contribution in [1.29, 1.82) is 0 Å². The van der Waals surface area contributed by atoms with E-state index in [4.69, 9.17) is 0 Å². The van der Waals surface area contributed by atoms with Crippen LogP contribution in [-0.2, 0) is 0 Å². The van der Waals surface area contributed by atoms with Crippen LogP contribution < -0.4 is 10.9 Å². The van der Waals surface area contributed by atoms with Crippen molar-refractivity contribution < 1.29 is 0 Å². The Morgan fingerprint density at radius 1 is 1.25 bits per heavy atom. The van der Waals surface area contributed by atoms with Gasteiger partial charge >= 0.3 is 0 Å². The summed E-state index contributed by atoms with van der Waals surface area (Å²) in [7, 11) is 0. The third-order valence-electron chi connectivity index (χ3n) is 2.95. The second kappa shape index (κ2) is 5.00. The maximum atomic E-state index is 11.8. The Hall–Kier alpha value is -2.89. The summed E-state index contributed by atoms with van der Waals surface area (Å²) in [4.78, 5) is 15.8. The highest BCUT2D eigenvalue weighted by Gasteiger charge is 2.05. The molecule has 2 N–H and O–H groups in total. The fourth-order valence-electron chi connectivity index (χ4n) is 2.03. The van der Waals surface area contributed by atoms with E-state index < -0.39 is 0 Å². The zero-order chi connectivity index (χ0) is 13.9. The molecule has 2 aromatic heterocycles. The average molecular weight is 267 g/mol. The number of aromatic amines is 1. The number of hydrogen-bond donors (Lipinski definition) is 2. The standard InChI is InChI=1S/C14H13N5O/c1-10-8-11(17-14-15-9-16-18-14)5-6-12(10)19-7-3-2-4-13(19)20/h2-9H,1H3,(H2,15,16,17,18). The van der Waals surface area contributed by atoms with Crippen molar-refractivity contribution in [3.8, 4) is 5.69 Å². The summed E-state index contributed by atoms with van der Waals surface area (Å²) in [5.41, 5.74) is 2.66. The molecular weight excluding hydrogens is 254 g/mol. The minimum absolute atomic E-state index is 0.0507. The first-order valence-electron chi connectivity index (χ1n) is 6.15. The highest BCUT2D eigenvalue weighted by Crippen LogP contribution is 2.19. The van der Waals surface area contributed by atoms with Crippen LogP contribution >= 0.6 is 0 Å². The molecule has 3 rings (SSSR count). The van der Waals surface area contributed by atoms with Crippen LogP contribution in [0.15, 0.2) is 53.7 Å². The summed E-state index contributed by atoms with van der Waals surface area (Å²) in [6.45, 7) is 1.96. The number of benzene rings is 1. The lowest BCUT2D eigenvalue weighted by molar-refractivity contribution is 0.978. The molecule has 0 aliphatic rings. The van der Waals surface area contributed by atoms with Crippen LogP contribution in [0.2, 0.25) is 0 Å². The van der Waals surface area contributed by atoms with Crippen molar-refractivity contribution in [3.63, 3.8) is 0 Å². The van der Waals surface area contributed by atoms with Gasteiger partial charge in [0.2, 0.25) is 5.95 Å². The van der Waals surface area contributed by atoms with Gasteiger partial charge in [-0.25, -0.2) is 4.98 Å². The monoisotopic (exact) mass is 267 g/mol. The number of aromatic nitrogens is 4. The maximum Gasteiger partial charge on any atom is 0.255 e. The molecule has 0 saturated carbocycles. The third-order valence-corrected chi connectivity index (χ3v) is 2.95. The molecule has 0 radical (unpaired) electrons. The van der Waals surface area contributed by atoms with Crippen molar-refractivity contribution >= 4 is 11.6 Å². The number of nitrogens with one attached hydrogen (secondary N) is 2. The van der Waals surface area contributed by atoms with Crippen molar-refractivity contribution in [2.45, 2.75) is 6.92 Å². The van der Waals surface area contributed by atoms with Crippen molar-refractivity contribution in [2.24, 2.45) is 0 Å². The number of hydrogen-bond acceptors (Lipinski definition) is 4. The van der Waals surface area contributed by atoms with Crippen LogP contribution in [-0.4, -0.2) is 19.7 Å². The Kier molecular flexibility index (Phi) is 3.04. The van der Waals surface area contributed by atoms with Gasteiger partial charge in [0.15, 0.2) is 0 Å². The zero-order valence-corrected chi connectivity index (χ0v) is 10.9. The number of H-pyrrole nitrogens is 1. The predicted octanol–water partition coefficient (Wildman–Crippen LogP) is 2.01. The molecular formula is C14H13N5O. The molecule has 2 heterocycles. The van der Waals surface area contributed by atoms with Crippen LogP contribution in [0.25, 0.3) is 5.69 Å². The predicted molar refractivity (Wildman–Crippen MR) is 76.4 cm³/mol. The molecule has 6 nitrogen and oxygen atoms in total. The second-order valence-electron chi connectivity index (χ2n) is 4.36. The van der Waals surface area contributed by atoms with Gasteiger partial charge in [0.1, 0.15) is 6.33 Å². The SMILES string of the molecule is Cc1cc(Nc2nc[nH]n2)ccc1-n1ccccc1=O. The maximum absolute atomic E-state index is 11.8. The molecule has 0 fully saturated rings. The largest absolute Gasteiger partial charge is 0.323 e. The smallest absolute Gasteiger partial charge is 0.255 e. The molecule has 0 aliphatic heterocycles. The van der Waals surface area contributed by atoms with Crippen LogP contribution in [0.1, 0.15) is 5.56 Å². The van der Waals surface area contributed by atoms with E-state index in [0.717, 1.165) is 16.9 Å². The highest BCUT2D eigenvalue weighted by atomic mass is 16.1. The average Bonchev–Trinajstić information content (AvgIpc) is 2.93. The van der Waals surface area contributed by atoms with E-state index in [-0.39, 0.29) is 5.56 Å². The van der Waals surface area contributed by atoms with Gasteiger partial charge in [-0.05, 0) is 36.8 Å². The lowest BCUT2D eigenvalue weighted by Gasteiger charge is -2.10. The van der Waals surface area contributed by atoms with Crippen LogP contribution in [0, 0.1) is 6.92 Å². The molecule has 6 heteroatoms. The van der Waals surface area contributed by atoms with Gasteiger partial charge in [0.25, 0.3) is 5.56 Å². The first kappa shape index (κ1) is 12.2. The molecule has 100 valence electrons. The van der Waals surface area contributed by atoms with Crippen LogP contribution in [0.3, 0.4) is 0 Å². The molecule has 0 amide bonds. The number of rotatable bonds is 3. The van der Waals surface area contributed by atoms with Gasteiger partial charge in [-0.2, -0.15) is 0 Å². The van der Waals surface area contributed by atoms with Gasteiger partial charge in [-0.15, -0.1) is 5.10 Å². The Balaban J connectivity index is 1.96. The van der Waals surface area contributed by atoms with E-state index in [1.165, 1.54) is 6.33 Å². The molecule has 0 bridgehead atoms. The lowest BCUT2D eigenvalue weighted by Crippen LogP contribution is -2.16. The van der Waals surface area contributed by atoms with E-state index >= 15 is 0 Å². The third kappa shape index (κ3) is 2.31. The number of anilines is 2. The Bertz CT molecular complexity index is 776. The minimum Gasteiger partial charge on any atom is -0.323 e. The quantitative estimate of drug-likeness (QED) is 0.761. The van der Waals surface area contributed by atoms with E-state index in [2.05, 4.69) is 20.5 Å². The molecule has 0 saturated heterocycles.